The van der Waals surface area contributed by atoms with Gasteiger partial charge in [-0.15, -0.1) is 11.8 Å². The molecule has 4 heterocycles. The molecule has 0 amide bonds. The fourth-order valence-electron chi connectivity index (χ4n) is 11.4. The number of rotatable bonds is 18. The lowest BCUT2D eigenvalue weighted by Gasteiger charge is -2.50. The van der Waals surface area contributed by atoms with Crippen molar-refractivity contribution in [3.8, 4) is 0 Å². The highest BCUT2D eigenvalue weighted by Gasteiger charge is 2.55. The Kier molecular flexibility index (Phi) is 22.1. The third-order valence-corrected chi connectivity index (χ3v) is 17.2. The lowest BCUT2D eigenvalue weighted by atomic mass is 9.74. The van der Waals surface area contributed by atoms with Gasteiger partial charge in [0.1, 0.15) is 34.8 Å². The van der Waals surface area contributed by atoms with Crippen molar-refractivity contribution in [2.45, 2.75) is 204 Å². The fourth-order valence-corrected chi connectivity index (χ4v) is 12.3. The lowest BCUT2D eigenvalue weighted by Crippen LogP contribution is -2.61. The molecule has 5 N–H and O–H groups in total. The monoisotopic (exact) mass is 1090 g/mol. The summed E-state index contributed by atoms with van der Waals surface area (Å²) in [6, 6.07) is 4.98. The number of methoxy groups -OCH3 is 2. The van der Waals surface area contributed by atoms with E-state index >= 15 is 0 Å². The SMILES string of the molecule is CC[C@@H]1OC(=O)[C@H](C)[C@H](O[C@H]2CC(C)(OC)[C@@H](OC(=O)CCNCCSc3ccc4c(=O)c(C(=O)O)cn(CC)c4c3)[C@@H](C)O2)[C@@H](C)[C@H](OC2O[C@@H](C)C[C@@H](N(C)C)[C@H]2O)C(C)(OC)C[C@H](C)C(=O)[C@H](C)[C@@H](O)C1(C)O. The second kappa shape index (κ2) is 26.6. The smallest absolute Gasteiger partial charge is 0.341 e. The number of hydrogen-bond acceptors (Lipinski definition) is 19. The van der Waals surface area contributed by atoms with Gasteiger partial charge in [0.25, 0.3) is 0 Å². The maximum atomic E-state index is 14.6. The molecule has 0 radical (unpaired) electrons. The molecule has 18 atom stereocenters. The van der Waals surface area contributed by atoms with E-state index in [4.69, 9.17) is 37.9 Å². The maximum absolute atomic E-state index is 14.6. The Morgan fingerprint density at radius 1 is 0.908 bits per heavy atom. The van der Waals surface area contributed by atoms with E-state index in [0.29, 0.717) is 42.7 Å². The van der Waals surface area contributed by atoms with Crippen LogP contribution in [0.4, 0.5) is 0 Å². The number of esters is 2. The van der Waals surface area contributed by atoms with Gasteiger partial charge in [0.15, 0.2) is 18.7 Å². The van der Waals surface area contributed by atoms with Crippen LogP contribution in [0.3, 0.4) is 0 Å². The minimum absolute atomic E-state index is 0.0381. The normalized spacial score (nSPS) is 37.2. The summed E-state index contributed by atoms with van der Waals surface area (Å²) in [5.74, 6) is -5.94. The van der Waals surface area contributed by atoms with Gasteiger partial charge in [-0.2, -0.15) is 0 Å². The molecule has 3 fully saturated rings. The molecule has 1 aromatic carbocycles. The van der Waals surface area contributed by atoms with E-state index in [-0.39, 0.29) is 49.2 Å². The van der Waals surface area contributed by atoms with E-state index in [0.717, 1.165) is 4.90 Å². The maximum Gasteiger partial charge on any atom is 0.341 e. The predicted molar refractivity (Wildman–Crippen MR) is 284 cm³/mol. The second-order valence-corrected chi connectivity index (χ2v) is 23.3. The Balaban J connectivity index is 1.35. The number of carbonyl (C=O) groups is 4. The summed E-state index contributed by atoms with van der Waals surface area (Å²) < 4.78 is 53.0. The Bertz CT molecular complexity index is 2370. The number of ether oxygens (including phenoxy) is 8. The van der Waals surface area contributed by atoms with Gasteiger partial charge in [0.05, 0.1) is 54.0 Å². The number of fused-ring (bicyclic) bond motifs is 1. The van der Waals surface area contributed by atoms with E-state index in [1.165, 1.54) is 34.3 Å². The molecule has 1 aromatic heterocycles. The number of aryl methyl sites for hydroxylation is 1. The van der Waals surface area contributed by atoms with Crippen LogP contribution in [0.15, 0.2) is 34.1 Å². The van der Waals surface area contributed by atoms with Gasteiger partial charge in [0.2, 0.25) is 5.43 Å². The van der Waals surface area contributed by atoms with E-state index in [2.05, 4.69) is 5.32 Å². The van der Waals surface area contributed by atoms with Crippen molar-refractivity contribution in [1.82, 2.24) is 14.8 Å². The van der Waals surface area contributed by atoms with Crippen molar-refractivity contribution >= 4 is 46.4 Å². The van der Waals surface area contributed by atoms with Crippen molar-refractivity contribution in [1.29, 1.82) is 0 Å². The van der Waals surface area contributed by atoms with Gasteiger partial charge in [0, 0.05) is 86.3 Å². The van der Waals surface area contributed by atoms with Crippen LogP contribution in [0.5, 0.6) is 0 Å². The summed E-state index contributed by atoms with van der Waals surface area (Å²) in [6.45, 7) is 20.2. The summed E-state index contributed by atoms with van der Waals surface area (Å²) in [6.07, 6.45) is -8.16. The van der Waals surface area contributed by atoms with Crippen LogP contribution in [-0.4, -0.2) is 185 Å². The number of carboxylic acids is 1. The number of carboxylic acid groups (broad SMARTS) is 1. The first-order chi connectivity index (χ1) is 35.6. The number of aliphatic hydroxyl groups excluding tert-OH is 2. The number of cyclic esters (lactones) is 1. The molecule has 4 unspecified atom stereocenters. The van der Waals surface area contributed by atoms with Crippen LogP contribution in [0.1, 0.15) is 119 Å². The van der Waals surface area contributed by atoms with Gasteiger partial charge in [-0.3, -0.25) is 19.2 Å². The van der Waals surface area contributed by atoms with Gasteiger partial charge in [-0.1, -0.05) is 27.7 Å². The number of carbonyl (C=O) groups excluding carboxylic acids is 3. The average molecular weight is 1090 g/mol. The first-order valence-electron chi connectivity index (χ1n) is 26.7. The minimum atomic E-state index is -2.03. The lowest BCUT2D eigenvalue weighted by molar-refractivity contribution is -0.320. The van der Waals surface area contributed by atoms with Crippen molar-refractivity contribution in [2.75, 3.05) is 47.2 Å². The number of aliphatic hydroxyl groups is 3. The van der Waals surface area contributed by atoms with Gasteiger partial charge >= 0.3 is 17.9 Å². The number of ketones is 1. The molecule has 0 aliphatic carbocycles. The van der Waals surface area contributed by atoms with E-state index < -0.39 is 119 Å². The molecular weight excluding hydrogens is 1010 g/mol. The molecule has 3 saturated heterocycles. The summed E-state index contributed by atoms with van der Waals surface area (Å²) in [5.41, 5.74) is -4.66. The molecule has 0 bridgehead atoms. The zero-order chi connectivity index (χ0) is 56.8. The number of benzene rings is 1. The summed E-state index contributed by atoms with van der Waals surface area (Å²) in [7, 11) is 6.72. The van der Waals surface area contributed by atoms with Crippen LogP contribution in [0, 0.1) is 23.7 Å². The summed E-state index contributed by atoms with van der Waals surface area (Å²) >= 11 is 1.55. The molecule has 5 rings (SSSR count). The molecule has 20 nitrogen and oxygen atoms in total. The van der Waals surface area contributed by atoms with Crippen LogP contribution in [-0.2, 0) is 58.8 Å². The molecular formula is C55H87N3O17S. The third-order valence-electron chi connectivity index (χ3n) is 16.2. The zero-order valence-corrected chi connectivity index (χ0v) is 48.0. The number of hydrogen-bond donors (Lipinski definition) is 5. The van der Waals surface area contributed by atoms with Crippen LogP contribution in [0.25, 0.3) is 10.9 Å². The predicted octanol–water partition coefficient (Wildman–Crippen LogP) is 4.80. The number of likely N-dealkylation sites (N-methyl/N-ethyl adjacent to an activating group) is 1. The quantitative estimate of drug-likeness (QED) is 0.0763. The summed E-state index contributed by atoms with van der Waals surface area (Å²) in [5, 5.41) is 48.4. The molecule has 0 saturated carbocycles. The molecule has 21 heteroatoms. The number of thioether (sulfide) groups is 1. The van der Waals surface area contributed by atoms with Crippen molar-refractivity contribution in [2.24, 2.45) is 23.7 Å². The highest BCUT2D eigenvalue weighted by Crippen LogP contribution is 2.42. The van der Waals surface area contributed by atoms with Crippen molar-refractivity contribution < 1.29 is 77.5 Å². The van der Waals surface area contributed by atoms with E-state index in [9.17, 15) is 44.4 Å². The Morgan fingerprint density at radius 2 is 1.57 bits per heavy atom. The van der Waals surface area contributed by atoms with Crippen molar-refractivity contribution in [3.63, 3.8) is 0 Å². The number of nitrogens with zero attached hydrogens (tertiary/aromatic N) is 2. The summed E-state index contributed by atoms with van der Waals surface area (Å²) in [4.78, 5) is 69.5. The van der Waals surface area contributed by atoms with Crippen LogP contribution in [0.2, 0.25) is 0 Å². The number of aromatic carboxylic acids is 1. The van der Waals surface area contributed by atoms with E-state index in [1.54, 1.807) is 70.0 Å². The van der Waals surface area contributed by atoms with Crippen LogP contribution >= 0.6 is 11.8 Å². The topological polar surface area (TPSA) is 260 Å². The van der Waals surface area contributed by atoms with E-state index in [1.807, 2.05) is 45.8 Å². The van der Waals surface area contributed by atoms with Crippen molar-refractivity contribution in [3.05, 3.63) is 40.2 Å². The number of Topliss-reactive ketones (excluding diaryl/α,β-unsaturated/α-hetero) is 1. The molecule has 3 aliphatic rings. The largest absolute Gasteiger partial charge is 0.477 e. The first-order valence-corrected chi connectivity index (χ1v) is 27.7. The zero-order valence-electron chi connectivity index (χ0n) is 47.2. The number of nitrogens with one attached hydrogen (secondary N) is 1. The molecule has 0 spiro atoms. The molecule has 3 aliphatic heterocycles. The Morgan fingerprint density at radius 3 is 2.17 bits per heavy atom. The van der Waals surface area contributed by atoms with Gasteiger partial charge < -0.3 is 73.1 Å². The molecule has 430 valence electrons. The molecule has 76 heavy (non-hydrogen) atoms. The third kappa shape index (κ3) is 14.2. The highest BCUT2D eigenvalue weighted by molar-refractivity contribution is 7.99. The Hall–Kier alpha value is -3.58. The van der Waals surface area contributed by atoms with Crippen LogP contribution < -0.4 is 10.7 Å². The molecule has 2 aromatic rings. The van der Waals surface area contributed by atoms with Gasteiger partial charge in [-0.05, 0) is 100 Å². The standard InChI is InChI=1S/C55H87N3O17S/c1-16-40-55(11,67)47(63)31(5)43(60)29(3)26-53(9,68-14)48(75-52-45(62)39(57(12)13)24-30(4)70-52)32(6)46(33(7)51(66)72-40)74-42-27-54(10,69-15)49(34(8)71-42)73-41(59)20-21-56-22-23-76-35-18-19-36-38(25-35)58(17-2)28-37(44(36)61)50(64)65/h18-19,25,28-34,39-40,42,45-49,52,56,62-63,67H,16-17,20-24,26-27H2,1-15H3,(H,64,65)/t29-,30-,31-,32+,33+,34+,39+,40-,42-,45+,46+,47+,48-,49-,52?,53?,54?,55?/m0/s1. The number of aromatic nitrogens is 1. The second-order valence-electron chi connectivity index (χ2n) is 22.1. The highest BCUT2D eigenvalue weighted by atomic mass is 32.2. The Labute approximate surface area is 452 Å². The average Bonchev–Trinajstić information content (AvgIpc) is 3.37. The minimum Gasteiger partial charge on any atom is -0.477 e. The first kappa shape index (κ1) is 63.3. The van der Waals surface area contributed by atoms with Gasteiger partial charge in [-0.25, -0.2) is 4.79 Å². The number of pyridine rings is 1. The fraction of sp³-hybridized carbons (Fsp3) is 0.764.